The highest BCUT2D eigenvalue weighted by Crippen LogP contribution is 2.56. The van der Waals surface area contributed by atoms with Gasteiger partial charge in [0, 0.05) is 31.4 Å². The Morgan fingerprint density at radius 1 is 1.18 bits per heavy atom. The van der Waals surface area contributed by atoms with Crippen LogP contribution < -0.4 is 10.6 Å². The summed E-state index contributed by atoms with van der Waals surface area (Å²) in [6, 6.07) is 0.00913. The van der Waals surface area contributed by atoms with Gasteiger partial charge >= 0.3 is 0 Å². The number of carbonyl (C=O) groups excluding carboxylic acids is 1. The van der Waals surface area contributed by atoms with E-state index in [9.17, 15) is 18.3 Å². The molecule has 4 saturated carbocycles. The van der Waals surface area contributed by atoms with Gasteiger partial charge in [0.1, 0.15) is 5.52 Å². The molecule has 208 valence electrons. The van der Waals surface area contributed by atoms with Gasteiger partial charge < -0.3 is 25.2 Å². The molecule has 8 rings (SSSR count). The quantitative estimate of drug-likeness (QED) is 0.348. The van der Waals surface area contributed by atoms with Crippen molar-refractivity contribution in [2.75, 3.05) is 24.7 Å². The summed E-state index contributed by atoms with van der Waals surface area (Å²) in [5, 5.41) is 21.6. The molecule has 4 aliphatic carbocycles. The van der Waals surface area contributed by atoms with Crippen LogP contribution in [0.25, 0.3) is 22.6 Å². The van der Waals surface area contributed by atoms with E-state index in [-0.39, 0.29) is 23.8 Å². The maximum atomic E-state index is 12.9. The van der Waals surface area contributed by atoms with Crippen molar-refractivity contribution in [3.63, 3.8) is 0 Å². The standard InChI is InChI=1S/C25H32N8O5S/c1-39(36,37)33-4-2-16(3-5-33)29-23(34)22-31-24(38-32-22)17-11-26-21-20(27-12-28-21)19(17)30-18-14-6-13-7-15(18)10-25(35,8-13)9-14/h11-16,18,35H,2-10H2,1H3,(H,29,34)(H2,26,27,28,30)/t13?,14-,15+,18+,25-. The predicted octanol–water partition coefficient (Wildman–Crippen LogP) is 1.51. The number of hydrogen-bond donors (Lipinski definition) is 4. The second-order valence-corrected chi connectivity index (χ2v) is 13.8. The third kappa shape index (κ3) is 4.47. The van der Waals surface area contributed by atoms with Gasteiger partial charge in [-0.2, -0.15) is 4.98 Å². The minimum Gasteiger partial charge on any atom is -0.390 e. The molecule has 4 bridgehead atoms. The normalized spacial score (nSPS) is 31.1. The van der Waals surface area contributed by atoms with E-state index in [0.29, 0.717) is 60.4 Å². The van der Waals surface area contributed by atoms with Gasteiger partial charge in [0.25, 0.3) is 17.6 Å². The lowest BCUT2D eigenvalue weighted by Gasteiger charge is -2.58. The van der Waals surface area contributed by atoms with Crippen molar-refractivity contribution < 1.29 is 22.8 Å². The van der Waals surface area contributed by atoms with Crippen LogP contribution >= 0.6 is 0 Å². The smallest absolute Gasteiger partial charge is 0.292 e. The first-order chi connectivity index (χ1) is 18.6. The summed E-state index contributed by atoms with van der Waals surface area (Å²) in [7, 11) is -3.24. The van der Waals surface area contributed by atoms with Crippen LogP contribution in [0.2, 0.25) is 0 Å². The van der Waals surface area contributed by atoms with Crippen LogP contribution in [0.5, 0.6) is 0 Å². The first-order valence-electron chi connectivity index (χ1n) is 13.6. The minimum absolute atomic E-state index is 0.0968. The molecular weight excluding hydrogens is 524 g/mol. The maximum Gasteiger partial charge on any atom is 0.292 e. The number of aromatic nitrogens is 5. The number of sulfonamides is 1. The lowest BCUT2D eigenvalue weighted by atomic mass is 9.52. The molecule has 14 heteroatoms. The number of piperidine rings is 1. The number of imidazole rings is 1. The molecule has 0 radical (unpaired) electrons. The minimum atomic E-state index is -3.24. The second-order valence-electron chi connectivity index (χ2n) is 11.8. The van der Waals surface area contributed by atoms with Gasteiger partial charge in [0.05, 0.1) is 29.4 Å². The number of fused-ring (bicyclic) bond motifs is 1. The van der Waals surface area contributed by atoms with Gasteiger partial charge in [-0.15, -0.1) is 0 Å². The number of anilines is 1. The average Bonchev–Trinajstić information content (AvgIpc) is 3.55. The van der Waals surface area contributed by atoms with E-state index in [4.69, 9.17) is 4.52 Å². The van der Waals surface area contributed by atoms with E-state index in [2.05, 4.69) is 35.7 Å². The Morgan fingerprint density at radius 2 is 1.92 bits per heavy atom. The van der Waals surface area contributed by atoms with Crippen molar-refractivity contribution in [1.82, 2.24) is 34.7 Å². The number of amides is 1. The molecule has 1 amide bonds. The number of pyridine rings is 1. The maximum absolute atomic E-state index is 12.9. The fourth-order valence-electron chi connectivity index (χ4n) is 7.59. The van der Waals surface area contributed by atoms with Crippen LogP contribution in [0.4, 0.5) is 5.69 Å². The zero-order chi connectivity index (χ0) is 26.9. The Hall–Kier alpha value is -3.10. The van der Waals surface area contributed by atoms with E-state index in [1.165, 1.54) is 10.6 Å². The molecular formula is C25H32N8O5S. The van der Waals surface area contributed by atoms with Crippen LogP contribution in [-0.2, 0) is 10.0 Å². The number of aliphatic hydroxyl groups is 1. The third-order valence-electron chi connectivity index (χ3n) is 9.12. The highest BCUT2D eigenvalue weighted by atomic mass is 32.2. The van der Waals surface area contributed by atoms with Crippen molar-refractivity contribution in [1.29, 1.82) is 0 Å². The first-order valence-corrected chi connectivity index (χ1v) is 15.4. The van der Waals surface area contributed by atoms with Crippen LogP contribution in [0.3, 0.4) is 0 Å². The van der Waals surface area contributed by atoms with Crippen molar-refractivity contribution in [2.24, 2.45) is 17.8 Å². The number of nitrogens with zero attached hydrogens (tertiary/aromatic N) is 5. The van der Waals surface area contributed by atoms with E-state index in [1.54, 1.807) is 12.5 Å². The molecule has 3 aromatic rings. The van der Waals surface area contributed by atoms with Crippen LogP contribution in [-0.4, -0.2) is 85.9 Å². The summed E-state index contributed by atoms with van der Waals surface area (Å²) in [5.41, 5.74) is 2.04. The molecule has 5 atom stereocenters. The summed E-state index contributed by atoms with van der Waals surface area (Å²) >= 11 is 0. The number of H-pyrrole nitrogens is 1. The van der Waals surface area contributed by atoms with Crippen molar-refractivity contribution in [3.05, 3.63) is 18.3 Å². The zero-order valence-corrected chi connectivity index (χ0v) is 22.4. The highest BCUT2D eigenvalue weighted by molar-refractivity contribution is 7.88. The van der Waals surface area contributed by atoms with Crippen molar-refractivity contribution >= 4 is 32.8 Å². The zero-order valence-electron chi connectivity index (χ0n) is 21.6. The SMILES string of the molecule is CS(=O)(=O)N1CCC(NC(=O)c2noc(-c3cnc4[nH]cnc4c3N[C@H]3[C@@H]4CC5C[C@H]3C[C@@](O)(C5)C4)n2)CC1. The van der Waals surface area contributed by atoms with Gasteiger partial charge in [0.15, 0.2) is 5.65 Å². The summed E-state index contributed by atoms with van der Waals surface area (Å²) in [5.74, 6) is 0.919. The molecule has 5 aliphatic rings. The molecule has 5 fully saturated rings. The Bertz CT molecular complexity index is 1510. The van der Waals surface area contributed by atoms with E-state index in [1.807, 2.05) is 0 Å². The summed E-state index contributed by atoms with van der Waals surface area (Å²) < 4.78 is 30.5. The van der Waals surface area contributed by atoms with Crippen LogP contribution in [0.15, 0.2) is 17.0 Å². The molecule has 1 unspecified atom stereocenters. The Labute approximate surface area is 225 Å². The van der Waals surface area contributed by atoms with Crippen LogP contribution in [0.1, 0.15) is 55.6 Å². The average molecular weight is 557 g/mol. The second kappa shape index (κ2) is 8.96. The fraction of sp³-hybridized carbons (Fsp3) is 0.640. The lowest BCUT2D eigenvalue weighted by Crippen LogP contribution is -2.59. The van der Waals surface area contributed by atoms with Crippen LogP contribution in [0, 0.1) is 17.8 Å². The predicted molar refractivity (Wildman–Crippen MR) is 140 cm³/mol. The van der Waals surface area contributed by atoms with Crippen molar-refractivity contribution in [2.45, 2.75) is 62.6 Å². The summed E-state index contributed by atoms with van der Waals surface area (Å²) in [6.07, 6.45) is 10.2. The lowest BCUT2D eigenvalue weighted by molar-refractivity contribution is -0.129. The number of carbonyl (C=O) groups is 1. The molecule has 4 N–H and O–H groups in total. The Balaban J connectivity index is 1.12. The van der Waals surface area contributed by atoms with Gasteiger partial charge in [0.2, 0.25) is 10.0 Å². The Morgan fingerprint density at radius 3 is 2.62 bits per heavy atom. The van der Waals surface area contributed by atoms with E-state index >= 15 is 0 Å². The monoisotopic (exact) mass is 556 g/mol. The Kier molecular flexibility index (Phi) is 5.72. The van der Waals surface area contributed by atoms with Gasteiger partial charge in [-0.1, -0.05) is 5.16 Å². The van der Waals surface area contributed by atoms with Gasteiger partial charge in [-0.3, -0.25) is 4.79 Å². The molecule has 39 heavy (non-hydrogen) atoms. The number of hydrogen-bond acceptors (Lipinski definition) is 10. The molecule has 0 spiro atoms. The molecule has 1 aliphatic heterocycles. The number of aromatic amines is 1. The topological polar surface area (TPSA) is 179 Å². The fourth-order valence-corrected chi connectivity index (χ4v) is 8.46. The number of rotatable bonds is 6. The molecule has 0 aromatic carbocycles. The first kappa shape index (κ1) is 24.9. The van der Waals surface area contributed by atoms with E-state index in [0.717, 1.165) is 37.8 Å². The third-order valence-corrected chi connectivity index (χ3v) is 10.4. The van der Waals surface area contributed by atoms with Gasteiger partial charge in [-0.25, -0.2) is 22.7 Å². The molecule has 13 nitrogen and oxygen atoms in total. The molecule has 1 saturated heterocycles. The molecule has 4 heterocycles. The largest absolute Gasteiger partial charge is 0.390 e. The highest BCUT2D eigenvalue weighted by Gasteiger charge is 2.55. The van der Waals surface area contributed by atoms with Gasteiger partial charge in [-0.05, 0) is 62.7 Å². The molecule has 3 aromatic heterocycles. The summed E-state index contributed by atoms with van der Waals surface area (Å²) in [4.78, 5) is 29.3. The van der Waals surface area contributed by atoms with E-state index < -0.39 is 21.5 Å². The number of nitrogens with one attached hydrogen (secondary N) is 3. The van der Waals surface area contributed by atoms with Crippen molar-refractivity contribution in [3.8, 4) is 11.5 Å². The summed E-state index contributed by atoms with van der Waals surface area (Å²) in [6.45, 7) is 0.708.